The second kappa shape index (κ2) is 8.88. The average Bonchev–Trinajstić information content (AvgIpc) is 3.22. The summed E-state index contributed by atoms with van der Waals surface area (Å²) < 4.78 is 7.65. The van der Waals surface area contributed by atoms with Crippen LogP contribution in [0.5, 0.6) is 0 Å². The molecule has 3 fully saturated rings. The lowest BCUT2D eigenvalue weighted by atomic mass is 9.68. The van der Waals surface area contributed by atoms with E-state index in [-0.39, 0.29) is 6.04 Å². The van der Waals surface area contributed by atoms with Gasteiger partial charge in [-0.25, -0.2) is 9.67 Å². The standard InChI is InChI=1S/C26H35N5O2S/c1-19-16-33-13-12-30(19)23-14-22(26(32)8-6-25(7-9-26)17-34-18-25)21-15-28-31(24(21)29-23)20-4-2-3-10-27-11-5-20/h4-5,11,14-15,19,27,32H,2-3,6-10,12-13,16-18H2,1H3/t19-/m1/s1. The monoisotopic (exact) mass is 481 g/mol. The minimum absolute atomic E-state index is 0.240. The fraction of sp³-hybridized carbons (Fsp3) is 0.615. The highest BCUT2D eigenvalue weighted by Crippen LogP contribution is 2.54. The van der Waals surface area contributed by atoms with Crippen molar-refractivity contribution in [3.05, 3.63) is 36.2 Å². The van der Waals surface area contributed by atoms with E-state index in [0.29, 0.717) is 18.6 Å². The summed E-state index contributed by atoms with van der Waals surface area (Å²) >= 11 is 2.04. The Hall–Kier alpha value is -2.03. The summed E-state index contributed by atoms with van der Waals surface area (Å²) in [4.78, 5) is 7.47. The molecule has 5 heterocycles. The lowest BCUT2D eigenvalue weighted by Gasteiger charge is -2.49. The van der Waals surface area contributed by atoms with Gasteiger partial charge in [-0.15, -0.1) is 0 Å². The molecule has 6 rings (SSSR count). The van der Waals surface area contributed by atoms with Crippen molar-refractivity contribution < 1.29 is 9.84 Å². The number of fused-ring (bicyclic) bond motifs is 1. The maximum atomic E-state index is 12.0. The molecular weight excluding hydrogens is 446 g/mol. The summed E-state index contributed by atoms with van der Waals surface area (Å²) in [5.74, 6) is 3.41. The number of ether oxygens (including phenoxy) is 1. The van der Waals surface area contributed by atoms with Gasteiger partial charge in [0.05, 0.1) is 36.8 Å². The van der Waals surface area contributed by atoms with Gasteiger partial charge in [0, 0.05) is 18.5 Å². The molecule has 1 spiro atoms. The van der Waals surface area contributed by atoms with Crippen LogP contribution in [-0.2, 0) is 10.3 Å². The normalized spacial score (nSPS) is 26.5. The van der Waals surface area contributed by atoms with Crippen LogP contribution in [-0.4, -0.2) is 63.7 Å². The average molecular weight is 482 g/mol. The zero-order valence-corrected chi connectivity index (χ0v) is 20.8. The van der Waals surface area contributed by atoms with Crippen molar-refractivity contribution in [2.75, 3.05) is 42.7 Å². The highest BCUT2D eigenvalue weighted by Gasteiger charge is 2.47. The van der Waals surface area contributed by atoms with Crippen molar-refractivity contribution in [2.24, 2.45) is 5.41 Å². The molecule has 7 nitrogen and oxygen atoms in total. The van der Waals surface area contributed by atoms with Crippen LogP contribution in [0.4, 0.5) is 5.82 Å². The van der Waals surface area contributed by atoms with Gasteiger partial charge in [0.1, 0.15) is 5.82 Å². The summed E-state index contributed by atoms with van der Waals surface area (Å²) in [5.41, 5.74) is 2.46. The Balaban J connectivity index is 1.46. The highest BCUT2D eigenvalue weighted by atomic mass is 32.2. The number of rotatable bonds is 3. The maximum Gasteiger partial charge on any atom is 0.165 e. The smallest absolute Gasteiger partial charge is 0.165 e. The van der Waals surface area contributed by atoms with E-state index in [1.54, 1.807) is 0 Å². The number of pyridine rings is 1. The zero-order valence-electron chi connectivity index (χ0n) is 20.0. The first-order valence-corrected chi connectivity index (χ1v) is 13.9. The third-order valence-electron chi connectivity index (χ3n) is 8.14. The number of nitrogens with zero attached hydrogens (tertiary/aromatic N) is 4. The van der Waals surface area contributed by atoms with Crippen molar-refractivity contribution in [3.8, 4) is 0 Å². The first kappa shape index (κ1) is 22.4. The SMILES string of the molecule is C[C@@H]1COCCN1c1cc(C2(O)CCC3(CC2)CSC3)c2cnn(C3=CCCCNC=C3)c2n1. The summed E-state index contributed by atoms with van der Waals surface area (Å²) in [6.07, 6.45) is 14.1. The van der Waals surface area contributed by atoms with Crippen LogP contribution in [0.15, 0.2) is 30.6 Å². The fourth-order valence-corrected chi connectivity index (χ4v) is 7.18. The number of aromatic nitrogens is 3. The van der Waals surface area contributed by atoms with Crippen molar-refractivity contribution >= 4 is 34.3 Å². The van der Waals surface area contributed by atoms with Gasteiger partial charge in [-0.2, -0.15) is 16.9 Å². The summed E-state index contributed by atoms with van der Waals surface area (Å²) in [7, 11) is 0. The summed E-state index contributed by atoms with van der Waals surface area (Å²) in [6.45, 7) is 5.36. The van der Waals surface area contributed by atoms with Gasteiger partial charge in [-0.05, 0) is 86.3 Å². The second-order valence-corrected chi connectivity index (χ2v) is 11.5. The number of anilines is 1. The Morgan fingerprint density at radius 3 is 2.85 bits per heavy atom. The minimum atomic E-state index is -0.836. The fourth-order valence-electron chi connectivity index (χ4n) is 5.83. The molecular formula is C26H35N5O2S. The van der Waals surface area contributed by atoms with E-state index in [1.165, 1.54) is 11.5 Å². The Morgan fingerprint density at radius 1 is 1.24 bits per heavy atom. The molecule has 0 amide bonds. The van der Waals surface area contributed by atoms with Gasteiger partial charge in [0.15, 0.2) is 5.65 Å². The molecule has 0 radical (unpaired) electrons. The molecule has 0 aromatic carbocycles. The Labute approximate surface area is 205 Å². The van der Waals surface area contributed by atoms with Gasteiger partial charge in [0.2, 0.25) is 0 Å². The van der Waals surface area contributed by atoms with E-state index in [2.05, 4.69) is 35.4 Å². The molecule has 2 N–H and O–H groups in total. The van der Waals surface area contributed by atoms with Crippen molar-refractivity contribution in [1.82, 2.24) is 20.1 Å². The summed E-state index contributed by atoms with van der Waals surface area (Å²) in [5, 5.41) is 21.1. The minimum Gasteiger partial charge on any atom is -0.391 e. The molecule has 8 heteroatoms. The molecule has 182 valence electrons. The largest absolute Gasteiger partial charge is 0.391 e. The Bertz CT molecular complexity index is 1110. The molecule has 1 saturated carbocycles. The lowest BCUT2D eigenvalue weighted by molar-refractivity contribution is -0.0296. The molecule has 2 aromatic rings. The highest BCUT2D eigenvalue weighted by molar-refractivity contribution is 8.00. The number of thioether (sulfide) groups is 1. The quantitative estimate of drug-likeness (QED) is 0.689. The first-order valence-electron chi connectivity index (χ1n) is 12.7. The summed E-state index contributed by atoms with van der Waals surface area (Å²) in [6, 6.07) is 2.39. The lowest BCUT2D eigenvalue weighted by Crippen LogP contribution is -2.45. The molecule has 34 heavy (non-hydrogen) atoms. The van der Waals surface area contributed by atoms with E-state index >= 15 is 0 Å². The topological polar surface area (TPSA) is 75.4 Å². The van der Waals surface area contributed by atoms with E-state index in [4.69, 9.17) is 14.8 Å². The third-order valence-corrected chi connectivity index (χ3v) is 9.77. The predicted octanol–water partition coefficient (Wildman–Crippen LogP) is 3.89. The van der Waals surface area contributed by atoms with Gasteiger partial charge in [0.25, 0.3) is 0 Å². The predicted molar refractivity (Wildman–Crippen MR) is 138 cm³/mol. The second-order valence-electron chi connectivity index (χ2n) is 10.5. The third kappa shape index (κ3) is 3.93. The van der Waals surface area contributed by atoms with E-state index in [9.17, 15) is 5.11 Å². The molecule has 0 bridgehead atoms. The van der Waals surface area contributed by atoms with Crippen LogP contribution in [0, 0.1) is 5.41 Å². The number of aliphatic hydroxyl groups is 1. The number of morpholine rings is 1. The number of hydrogen-bond donors (Lipinski definition) is 2. The molecule has 4 aliphatic rings. The van der Waals surface area contributed by atoms with Crippen molar-refractivity contribution in [3.63, 3.8) is 0 Å². The van der Waals surface area contributed by atoms with Crippen LogP contribution < -0.4 is 10.2 Å². The number of nitrogens with one attached hydrogen (secondary N) is 1. The molecule has 0 unspecified atom stereocenters. The molecule has 1 aliphatic carbocycles. The van der Waals surface area contributed by atoms with E-state index in [1.807, 2.05) is 28.8 Å². The van der Waals surface area contributed by atoms with Gasteiger partial charge in [-0.3, -0.25) is 0 Å². The van der Waals surface area contributed by atoms with Gasteiger partial charge >= 0.3 is 0 Å². The van der Waals surface area contributed by atoms with Gasteiger partial charge < -0.3 is 20.1 Å². The van der Waals surface area contributed by atoms with Crippen molar-refractivity contribution in [1.29, 1.82) is 0 Å². The number of allylic oxidation sites excluding steroid dienone is 3. The van der Waals surface area contributed by atoms with E-state index < -0.39 is 5.60 Å². The Kier molecular flexibility index (Phi) is 5.86. The van der Waals surface area contributed by atoms with Crippen LogP contribution in [0.2, 0.25) is 0 Å². The molecule has 2 saturated heterocycles. The van der Waals surface area contributed by atoms with Crippen LogP contribution >= 0.6 is 11.8 Å². The first-order chi connectivity index (χ1) is 16.6. The maximum absolute atomic E-state index is 12.0. The van der Waals surface area contributed by atoms with Gasteiger partial charge in [-0.1, -0.05) is 6.08 Å². The van der Waals surface area contributed by atoms with E-state index in [0.717, 1.165) is 79.7 Å². The molecule has 2 aromatic heterocycles. The van der Waals surface area contributed by atoms with Crippen LogP contribution in [0.1, 0.15) is 51.0 Å². The van der Waals surface area contributed by atoms with Crippen molar-refractivity contribution in [2.45, 2.75) is 57.1 Å². The van der Waals surface area contributed by atoms with Crippen LogP contribution in [0.25, 0.3) is 16.7 Å². The van der Waals surface area contributed by atoms with Crippen LogP contribution in [0.3, 0.4) is 0 Å². The Morgan fingerprint density at radius 2 is 2.09 bits per heavy atom. The zero-order chi connectivity index (χ0) is 23.2. The molecule has 1 atom stereocenters. The molecule has 3 aliphatic heterocycles. The number of hydrogen-bond acceptors (Lipinski definition) is 7.